The van der Waals surface area contributed by atoms with Gasteiger partial charge in [-0.15, -0.1) is 0 Å². The van der Waals surface area contributed by atoms with Crippen molar-refractivity contribution in [3.63, 3.8) is 0 Å². The van der Waals surface area contributed by atoms with Crippen molar-refractivity contribution in [2.24, 2.45) is 0 Å². The summed E-state index contributed by atoms with van der Waals surface area (Å²) in [6.45, 7) is 4.56. The van der Waals surface area contributed by atoms with Crippen molar-refractivity contribution in [3.05, 3.63) is 11.7 Å². The summed E-state index contributed by atoms with van der Waals surface area (Å²) in [6.07, 6.45) is 5.88. The second-order valence-corrected chi connectivity index (χ2v) is 6.10. The maximum absolute atomic E-state index is 5.75. The highest BCUT2D eigenvalue weighted by molar-refractivity contribution is 5.10. The molecule has 1 atom stereocenters. The Bertz CT molecular complexity index is 443. The molecule has 21 heavy (non-hydrogen) atoms. The number of nitrogens with one attached hydrogen (secondary N) is 1. The first-order valence-corrected chi connectivity index (χ1v) is 7.97. The van der Waals surface area contributed by atoms with Crippen LogP contribution >= 0.6 is 0 Å². The van der Waals surface area contributed by atoms with Gasteiger partial charge in [0.05, 0.1) is 5.54 Å². The maximum atomic E-state index is 5.75. The molecule has 1 N–H and O–H groups in total. The molecule has 1 aromatic heterocycles. The number of nitrogens with zero attached hydrogens (tertiary/aromatic N) is 2. The van der Waals surface area contributed by atoms with Gasteiger partial charge in [0.2, 0.25) is 11.7 Å². The van der Waals surface area contributed by atoms with Gasteiger partial charge in [-0.25, -0.2) is 0 Å². The second kappa shape index (κ2) is 6.02. The first-order valence-electron chi connectivity index (χ1n) is 7.97. The molecule has 0 aliphatic carbocycles. The van der Waals surface area contributed by atoms with Gasteiger partial charge in [-0.1, -0.05) is 18.5 Å². The van der Waals surface area contributed by atoms with Crippen LogP contribution < -0.4 is 5.32 Å². The van der Waals surface area contributed by atoms with Crippen LogP contribution in [0.15, 0.2) is 4.52 Å². The van der Waals surface area contributed by atoms with E-state index in [0.717, 1.165) is 51.0 Å². The summed E-state index contributed by atoms with van der Waals surface area (Å²) >= 11 is 0. The molecule has 2 saturated heterocycles. The van der Waals surface area contributed by atoms with Crippen molar-refractivity contribution in [3.8, 4) is 0 Å². The highest BCUT2D eigenvalue weighted by Crippen LogP contribution is 2.38. The summed E-state index contributed by atoms with van der Waals surface area (Å²) in [5, 5.41) is 7.82. The molecule has 1 unspecified atom stereocenters. The van der Waals surface area contributed by atoms with E-state index in [9.17, 15) is 0 Å². The normalized spacial score (nSPS) is 28.9. The van der Waals surface area contributed by atoms with E-state index in [-0.39, 0.29) is 5.54 Å². The van der Waals surface area contributed by atoms with E-state index < -0.39 is 5.60 Å². The topological polar surface area (TPSA) is 69.4 Å². The number of rotatable bonds is 5. The predicted molar refractivity (Wildman–Crippen MR) is 76.9 cm³/mol. The van der Waals surface area contributed by atoms with Gasteiger partial charge in [0.1, 0.15) is 5.60 Å². The van der Waals surface area contributed by atoms with Crippen LogP contribution in [0.2, 0.25) is 0 Å². The third-order valence-electron chi connectivity index (χ3n) is 4.85. The fraction of sp³-hybridized carbons (Fsp3) is 0.867. The number of ether oxygens (including phenoxy) is 2. The number of methoxy groups -OCH3 is 1. The molecule has 2 aliphatic rings. The number of hydrogen-bond acceptors (Lipinski definition) is 6. The van der Waals surface area contributed by atoms with Crippen LogP contribution in [0.4, 0.5) is 0 Å². The smallest absolute Gasteiger partial charge is 0.247 e. The fourth-order valence-corrected chi connectivity index (χ4v) is 3.56. The van der Waals surface area contributed by atoms with Gasteiger partial charge in [-0.2, -0.15) is 4.98 Å². The van der Waals surface area contributed by atoms with E-state index in [2.05, 4.69) is 17.4 Å². The molecule has 6 nitrogen and oxygen atoms in total. The molecule has 118 valence electrons. The summed E-state index contributed by atoms with van der Waals surface area (Å²) in [4.78, 5) is 4.73. The van der Waals surface area contributed by atoms with Crippen molar-refractivity contribution in [2.75, 3.05) is 26.9 Å². The molecule has 0 radical (unpaired) electrons. The summed E-state index contributed by atoms with van der Waals surface area (Å²) in [5.41, 5.74) is -0.591. The van der Waals surface area contributed by atoms with Gasteiger partial charge in [-0.3, -0.25) is 0 Å². The van der Waals surface area contributed by atoms with Gasteiger partial charge < -0.3 is 19.3 Å². The average molecular weight is 295 g/mol. The molecule has 0 aromatic carbocycles. The molecule has 2 aliphatic heterocycles. The Labute approximate surface area is 125 Å². The van der Waals surface area contributed by atoms with E-state index >= 15 is 0 Å². The van der Waals surface area contributed by atoms with Crippen LogP contribution in [0.25, 0.3) is 0 Å². The molecule has 0 amide bonds. The van der Waals surface area contributed by atoms with E-state index in [0.29, 0.717) is 19.0 Å². The average Bonchev–Trinajstić information content (AvgIpc) is 3.18. The number of hydrogen-bond donors (Lipinski definition) is 1. The monoisotopic (exact) mass is 295 g/mol. The standard InChI is InChI=1S/C15H25N3O3/c1-3-5-14(6-4-9-16-14)13-17-12(18-21-13)15(19-2)7-10-20-11-8-15/h16H,3-11H2,1-2H3. The molecular weight excluding hydrogens is 270 g/mol. The molecule has 0 spiro atoms. The Balaban J connectivity index is 1.88. The van der Waals surface area contributed by atoms with Crippen molar-refractivity contribution >= 4 is 0 Å². The zero-order chi connectivity index (χ0) is 14.8. The Morgan fingerprint density at radius 3 is 2.71 bits per heavy atom. The molecule has 0 bridgehead atoms. The SMILES string of the molecule is CCCC1(c2nc(C3(OC)CCOCC3)no2)CCCN1. The first kappa shape index (κ1) is 14.9. The Morgan fingerprint density at radius 2 is 2.10 bits per heavy atom. The quantitative estimate of drug-likeness (QED) is 0.897. The van der Waals surface area contributed by atoms with Crippen LogP contribution in [0.1, 0.15) is 57.2 Å². The summed E-state index contributed by atoms with van der Waals surface area (Å²) < 4.78 is 16.8. The van der Waals surface area contributed by atoms with Crippen LogP contribution in [0.5, 0.6) is 0 Å². The molecule has 3 heterocycles. The van der Waals surface area contributed by atoms with Crippen LogP contribution in [-0.2, 0) is 20.6 Å². The highest BCUT2D eigenvalue weighted by Gasteiger charge is 2.44. The zero-order valence-corrected chi connectivity index (χ0v) is 13.0. The summed E-state index contributed by atoms with van der Waals surface area (Å²) in [7, 11) is 1.72. The third kappa shape index (κ3) is 2.60. The van der Waals surface area contributed by atoms with Crippen molar-refractivity contribution < 1.29 is 14.0 Å². The lowest BCUT2D eigenvalue weighted by Gasteiger charge is -2.32. The maximum Gasteiger partial charge on any atom is 0.247 e. The van der Waals surface area contributed by atoms with E-state index in [4.69, 9.17) is 19.0 Å². The Morgan fingerprint density at radius 1 is 1.29 bits per heavy atom. The Kier molecular flexibility index (Phi) is 4.28. The molecule has 3 rings (SSSR count). The second-order valence-electron chi connectivity index (χ2n) is 6.10. The molecule has 6 heteroatoms. The van der Waals surface area contributed by atoms with Gasteiger partial charge in [0.25, 0.3) is 0 Å². The van der Waals surface area contributed by atoms with Crippen LogP contribution in [-0.4, -0.2) is 37.0 Å². The lowest BCUT2D eigenvalue weighted by atomic mass is 9.91. The lowest BCUT2D eigenvalue weighted by Crippen LogP contribution is -2.38. The third-order valence-corrected chi connectivity index (χ3v) is 4.85. The minimum absolute atomic E-state index is 0.139. The van der Waals surface area contributed by atoms with Crippen molar-refractivity contribution in [1.82, 2.24) is 15.5 Å². The van der Waals surface area contributed by atoms with Crippen LogP contribution in [0.3, 0.4) is 0 Å². The van der Waals surface area contributed by atoms with E-state index in [1.807, 2.05) is 0 Å². The van der Waals surface area contributed by atoms with Gasteiger partial charge in [0, 0.05) is 33.2 Å². The summed E-state index contributed by atoms with van der Waals surface area (Å²) in [5.74, 6) is 1.40. The van der Waals surface area contributed by atoms with Gasteiger partial charge >= 0.3 is 0 Å². The van der Waals surface area contributed by atoms with Crippen LogP contribution in [0, 0.1) is 0 Å². The number of aromatic nitrogens is 2. The van der Waals surface area contributed by atoms with E-state index in [1.54, 1.807) is 7.11 Å². The predicted octanol–water partition coefficient (Wildman–Crippen LogP) is 2.10. The van der Waals surface area contributed by atoms with E-state index in [1.165, 1.54) is 0 Å². The van der Waals surface area contributed by atoms with Crippen molar-refractivity contribution in [1.29, 1.82) is 0 Å². The molecular formula is C15H25N3O3. The minimum Gasteiger partial charge on any atom is -0.381 e. The largest absolute Gasteiger partial charge is 0.381 e. The molecule has 2 fully saturated rings. The van der Waals surface area contributed by atoms with Gasteiger partial charge in [-0.05, 0) is 25.8 Å². The van der Waals surface area contributed by atoms with Gasteiger partial charge in [0.15, 0.2) is 0 Å². The van der Waals surface area contributed by atoms with Crippen molar-refractivity contribution in [2.45, 2.75) is 56.6 Å². The summed E-state index contributed by atoms with van der Waals surface area (Å²) in [6, 6.07) is 0. The zero-order valence-electron chi connectivity index (χ0n) is 13.0. The molecule has 1 aromatic rings. The lowest BCUT2D eigenvalue weighted by molar-refractivity contribution is -0.101. The first-order chi connectivity index (χ1) is 10.2. The Hall–Kier alpha value is -0.980. The fourth-order valence-electron chi connectivity index (χ4n) is 3.56. The highest BCUT2D eigenvalue weighted by atomic mass is 16.5. The minimum atomic E-state index is -0.452. The molecule has 0 saturated carbocycles.